The second kappa shape index (κ2) is 4.91. The van der Waals surface area contributed by atoms with Crippen LogP contribution in [0.1, 0.15) is 5.56 Å². The molecule has 0 aliphatic rings. The summed E-state index contributed by atoms with van der Waals surface area (Å²) in [5.74, 6) is -0.329. The van der Waals surface area contributed by atoms with Gasteiger partial charge in [0.15, 0.2) is 0 Å². The number of hydrogen-bond acceptors (Lipinski definition) is 0. The van der Waals surface area contributed by atoms with Crippen molar-refractivity contribution >= 4 is 29.3 Å². The molecule has 0 bridgehead atoms. The zero-order valence-corrected chi connectivity index (χ0v) is 10.4. The van der Waals surface area contributed by atoms with E-state index in [1.54, 1.807) is 18.2 Å². The summed E-state index contributed by atoms with van der Waals surface area (Å²) in [5.41, 5.74) is 2.27. The molecule has 0 saturated carbocycles. The first-order valence-corrected chi connectivity index (χ1v) is 5.74. The Labute approximate surface area is 109 Å². The van der Waals surface area contributed by atoms with Crippen LogP contribution >= 0.6 is 23.2 Å². The summed E-state index contributed by atoms with van der Waals surface area (Å²) in [6.07, 6.45) is 1.68. The van der Waals surface area contributed by atoms with Crippen LogP contribution in [0.3, 0.4) is 0 Å². The van der Waals surface area contributed by atoms with Gasteiger partial charge < -0.3 is 0 Å². The zero-order chi connectivity index (χ0) is 12.4. The largest absolute Gasteiger partial charge is 0.207 e. The van der Waals surface area contributed by atoms with Crippen LogP contribution in [0, 0.1) is 5.82 Å². The monoisotopic (exact) mass is 266 g/mol. The molecule has 2 aromatic rings. The van der Waals surface area contributed by atoms with Crippen LogP contribution in [-0.2, 0) is 0 Å². The van der Waals surface area contributed by atoms with Gasteiger partial charge in [0.05, 0.1) is 0 Å². The molecule has 0 amide bonds. The summed E-state index contributed by atoms with van der Waals surface area (Å²) < 4.78 is 13.2. The Hall–Kier alpha value is -1.31. The first kappa shape index (κ1) is 12.2. The average Bonchev–Trinajstić information content (AvgIpc) is 2.31. The molecule has 17 heavy (non-hydrogen) atoms. The molecule has 0 N–H and O–H groups in total. The number of halogens is 3. The molecule has 0 unspecified atom stereocenters. The number of benzene rings is 2. The van der Waals surface area contributed by atoms with Gasteiger partial charge >= 0.3 is 0 Å². The van der Waals surface area contributed by atoms with Crippen molar-refractivity contribution in [2.75, 3.05) is 0 Å². The van der Waals surface area contributed by atoms with Gasteiger partial charge in [-0.25, -0.2) is 4.39 Å². The van der Waals surface area contributed by atoms with E-state index in [2.05, 4.69) is 6.58 Å². The van der Waals surface area contributed by atoms with Gasteiger partial charge in [0, 0.05) is 15.6 Å². The first-order chi connectivity index (χ1) is 8.10. The molecule has 0 atom stereocenters. The van der Waals surface area contributed by atoms with E-state index in [1.807, 2.05) is 6.07 Å². The molecule has 0 aromatic heterocycles. The number of hydrogen-bond donors (Lipinski definition) is 0. The van der Waals surface area contributed by atoms with E-state index in [-0.39, 0.29) is 5.82 Å². The quantitative estimate of drug-likeness (QED) is 0.679. The predicted octanol–water partition coefficient (Wildman–Crippen LogP) is 5.44. The lowest BCUT2D eigenvalue weighted by Crippen LogP contribution is -1.84. The van der Waals surface area contributed by atoms with Crippen LogP contribution in [0.5, 0.6) is 0 Å². The minimum absolute atomic E-state index is 0.329. The van der Waals surface area contributed by atoms with E-state index < -0.39 is 0 Å². The average molecular weight is 267 g/mol. The molecular formula is C14H9Cl2F. The lowest BCUT2D eigenvalue weighted by atomic mass is 10.0. The third-order valence-electron chi connectivity index (χ3n) is 2.40. The van der Waals surface area contributed by atoms with Gasteiger partial charge in [-0.2, -0.15) is 0 Å². The lowest BCUT2D eigenvalue weighted by Gasteiger charge is -2.07. The van der Waals surface area contributed by atoms with E-state index in [0.717, 1.165) is 11.1 Å². The Bertz CT molecular complexity index is 576. The third kappa shape index (κ3) is 2.68. The topological polar surface area (TPSA) is 0 Å². The molecule has 0 spiro atoms. The summed E-state index contributed by atoms with van der Waals surface area (Å²) in [6.45, 7) is 3.68. The van der Waals surface area contributed by atoms with Crippen LogP contribution in [0.4, 0.5) is 4.39 Å². The minimum atomic E-state index is -0.329. The molecule has 3 heteroatoms. The molecule has 0 radical (unpaired) electrons. The molecule has 0 aliphatic heterocycles. The number of rotatable bonds is 2. The fourth-order valence-corrected chi connectivity index (χ4v) is 2.07. The van der Waals surface area contributed by atoms with Crippen molar-refractivity contribution < 1.29 is 4.39 Å². The van der Waals surface area contributed by atoms with Gasteiger partial charge in [0.2, 0.25) is 0 Å². The van der Waals surface area contributed by atoms with Gasteiger partial charge in [0.25, 0.3) is 0 Å². The van der Waals surface area contributed by atoms with E-state index in [9.17, 15) is 4.39 Å². The van der Waals surface area contributed by atoms with Crippen molar-refractivity contribution in [3.63, 3.8) is 0 Å². The highest BCUT2D eigenvalue weighted by molar-refractivity contribution is 6.33. The van der Waals surface area contributed by atoms with Crippen LogP contribution in [-0.4, -0.2) is 0 Å². The summed E-state index contributed by atoms with van der Waals surface area (Å²) in [5, 5.41) is 1.06. The summed E-state index contributed by atoms with van der Waals surface area (Å²) in [6, 6.07) is 9.63. The molecule has 0 fully saturated rings. The first-order valence-electron chi connectivity index (χ1n) is 4.98. The van der Waals surface area contributed by atoms with Gasteiger partial charge in [-0.05, 0) is 47.5 Å². The molecular weight excluding hydrogens is 258 g/mol. The summed E-state index contributed by atoms with van der Waals surface area (Å²) in [7, 11) is 0. The molecule has 86 valence electrons. The van der Waals surface area contributed by atoms with Gasteiger partial charge in [0.1, 0.15) is 5.82 Å². The highest BCUT2D eigenvalue weighted by Gasteiger charge is 2.06. The van der Waals surface area contributed by atoms with Crippen molar-refractivity contribution in [2.45, 2.75) is 0 Å². The molecule has 2 rings (SSSR count). The van der Waals surface area contributed by atoms with Gasteiger partial charge in [-0.3, -0.25) is 0 Å². The minimum Gasteiger partial charge on any atom is -0.207 e. The maximum atomic E-state index is 13.2. The van der Waals surface area contributed by atoms with Crippen molar-refractivity contribution in [3.8, 4) is 11.1 Å². The maximum absolute atomic E-state index is 13.2. The Morgan fingerprint density at radius 3 is 2.53 bits per heavy atom. The van der Waals surface area contributed by atoms with E-state index in [0.29, 0.717) is 15.6 Å². The van der Waals surface area contributed by atoms with Crippen molar-refractivity contribution in [3.05, 3.63) is 64.4 Å². The fraction of sp³-hybridized carbons (Fsp3) is 0. The smallest absolute Gasteiger partial charge is 0.123 e. The van der Waals surface area contributed by atoms with Crippen molar-refractivity contribution in [1.29, 1.82) is 0 Å². The van der Waals surface area contributed by atoms with Gasteiger partial charge in [-0.15, -0.1) is 0 Å². The zero-order valence-electron chi connectivity index (χ0n) is 8.88. The highest BCUT2D eigenvalue weighted by atomic mass is 35.5. The molecule has 0 saturated heterocycles. The molecule has 0 aliphatic carbocycles. The predicted molar refractivity (Wildman–Crippen MR) is 71.9 cm³/mol. The second-order valence-corrected chi connectivity index (χ2v) is 4.45. The summed E-state index contributed by atoms with van der Waals surface area (Å²) >= 11 is 12.0. The molecule has 0 heterocycles. The fourth-order valence-electron chi connectivity index (χ4n) is 1.60. The maximum Gasteiger partial charge on any atom is 0.123 e. The summed E-state index contributed by atoms with van der Waals surface area (Å²) in [4.78, 5) is 0. The SMILES string of the molecule is C=Cc1cc(Cl)cc(-c2cc(F)ccc2Cl)c1. The Kier molecular flexibility index (Phi) is 3.51. The van der Waals surface area contributed by atoms with Crippen molar-refractivity contribution in [1.82, 2.24) is 0 Å². The van der Waals surface area contributed by atoms with Crippen LogP contribution in [0.15, 0.2) is 43.0 Å². The Morgan fingerprint density at radius 2 is 1.82 bits per heavy atom. The Morgan fingerprint density at radius 1 is 1.06 bits per heavy atom. The van der Waals surface area contributed by atoms with E-state index in [4.69, 9.17) is 23.2 Å². The van der Waals surface area contributed by atoms with E-state index in [1.165, 1.54) is 18.2 Å². The van der Waals surface area contributed by atoms with Crippen LogP contribution < -0.4 is 0 Å². The lowest BCUT2D eigenvalue weighted by molar-refractivity contribution is 0.628. The third-order valence-corrected chi connectivity index (χ3v) is 2.94. The van der Waals surface area contributed by atoms with E-state index >= 15 is 0 Å². The van der Waals surface area contributed by atoms with Gasteiger partial charge in [-0.1, -0.05) is 35.9 Å². The van der Waals surface area contributed by atoms with Crippen molar-refractivity contribution in [2.24, 2.45) is 0 Å². The van der Waals surface area contributed by atoms with Crippen LogP contribution in [0.2, 0.25) is 10.0 Å². The highest BCUT2D eigenvalue weighted by Crippen LogP contribution is 2.31. The molecule has 2 aromatic carbocycles. The van der Waals surface area contributed by atoms with Crippen LogP contribution in [0.25, 0.3) is 17.2 Å². The molecule has 0 nitrogen and oxygen atoms in total. The normalized spacial score (nSPS) is 10.3. The second-order valence-electron chi connectivity index (χ2n) is 3.60. The standard InChI is InChI=1S/C14H9Cl2F/c1-2-9-5-10(7-11(15)6-9)13-8-12(17)3-4-14(13)16/h2-8H,1H2. The Balaban J connectivity index is 2.63.